The minimum atomic E-state index is -0.682. The lowest BCUT2D eigenvalue weighted by atomic mass is 9.79. The highest BCUT2D eigenvalue weighted by molar-refractivity contribution is 5.83. The molecule has 0 bridgehead atoms. The second-order valence-corrected chi connectivity index (χ2v) is 9.55. The highest BCUT2D eigenvalue weighted by atomic mass is 16.5. The molecule has 7 heteroatoms. The number of nitrogens with zero attached hydrogens (tertiary/aromatic N) is 4. The number of aryl methyl sites for hydroxylation is 3. The summed E-state index contributed by atoms with van der Waals surface area (Å²) in [6.45, 7) is 2.96. The van der Waals surface area contributed by atoms with Gasteiger partial charge in [-0.2, -0.15) is 0 Å². The molecule has 0 radical (unpaired) electrons. The molecule has 1 N–H and O–H groups in total. The van der Waals surface area contributed by atoms with E-state index in [0.29, 0.717) is 5.92 Å². The third-order valence-corrected chi connectivity index (χ3v) is 7.30. The highest BCUT2D eigenvalue weighted by Gasteiger charge is 2.30. The first-order valence-corrected chi connectivity index (χ1v) is 12.3. The molecule has 0 unspecified atom stereocenters. The number of aromatic nitrogens is 3. The minimum Gasteiger partial charge on any atom is -0.497 e. The fourth-order valence-corrected chi connectivity index (χ4v) is 5.39. The predicted molar refractivity (Wildman–Crippen MR) is 133 cm³/mol. The van der Waals surface area contributed by atoms with Gasteiger partial charge < -0.3 is 19.3 Å². The molecule has 0 spiro atoms. The molecule has 4 rings (SSSR count). The molecule has 0 amide bonds. The van der Waals surface area contributed by atoms with Gasteiger partial charge in [-0.1, -0.05) is 0 Å². The lowest BCUT2D eigenvalue weighted by Crippen LogP contribution is -2.42. The number of ether oxygens (including phenoxy) is 1. The number of methoxy groups -OCH3 is 1. The Morgan fingerprint density at radius 2 is 2.09 bits per heavy atom. The smallest absolute Gasteiger partial charge is 0.303 e. The number of aliphatic carboxylic acids is 1. The van der Waals surface area contributed by atoms with Crippen LogP contribution in [0.1, 0.15) is 43.4 Å². The standard InChI is InChI=1S/C27H36N4O3/c1-30-19-28-17-23(30)7-4-13-31-14-11-20(22(18-31)15-27(32)33)5-3-6-21-10-12-29-26-9-8-24(34-2)16-25(21)26/h8-10,12,16-17,19-20,22H,3-7,11,13-15,18H2,1-2H3,(H,32,33)/t20-,22+/m1/s1. The molecular formula is C27H36N4O3. The summed E-state index contributed by atoms with van der Waals surface area (Å²) in [7, 11) is 3.72. The van der Waals surface area contributed by atoms with Gasteiger partial charge in [0.2, 0.25) is 0 Å². The average Bonchev–Trinajstić information content (AvgIpc) is 3.24. The van der Waals surface area contributed by atoms with E-state index < -0.39 is 5.97 Å². The first kappa shape index (κ1) is 24.2. The Kier molecular flexibility index (Phi) is 8.16. The Labute approximate surface area is 201 Å². The number of hydrogen-bond donors (Lipinski definition) is 1. The molecule has 1 fully saturated rings. The summed E-state index contributed by atoms with van der Waals surface area (Å²) >= 11 is 0. The first-order chi connectivity index (χ1) is 16.5. The van der Waals surface area contributed by atoms with Crippen molar-refractivity contribution in [2.75, 3.05) is 26.7 Å². The summed E-state index contributed by atoms with van der Waals surface area (Å²) in [5.74, 6) is 0.849. The number of likely N-dealkylation sites (tertiary alicyclic amines) is 1. The first-order valence-electron chi connectivity index (χ1n) is 12.3. The Morgan fingerprint density at radius 1 is 1.21 bits per heavy atom. The second-order valence-electron chi connectivity index (χ2n) is 9.55. The molecule has 2 atom stereocenters. The maximum absolute atomic E-state index is 11.6. The Balaban J connectivity index is 1.31. The summed E-state index contributed by atoms with van der Waals surface area (Å²) in [5, 5.41) is 10.7. The van der Waals surface area contributed by atoms with Gasteiger partial charge in [0.15, 0.2) is 0 Å². The van der Waals surface area contributed by atoms with E-state index in [9.17, 15) is 9.90 Å². The summed E-state index contributed by atoms with van der Waals surface area (Å²) in [6.07, 6.45) is 12.2. The van der Waals surface area contributed by atoms with Crippen LogP contribution in [0.2, 0.25) is 0 Å². The molecule has 0 aliphatic carbocycles. The number of hydrogen-bond acceptors (Lipinski definition) is 5. The molecule has 7 nitrogen and oxygen atoms in total. The number of imidazole rings is 1. The van der Waals surface area contributed by atoms with E-state index in [-0.39, 0.29) is 12.3 Å². The van der Waals surface area contributed by atoms with Gasteiger partial charge in [-0.05, 0) is 93.3 Å². The van der Waals surface area contributed by atoms with Crippen LogP contribution < -0.4 is 4.74 Å². The number of benzene rings is 1. The quantitative estimate of drug-likeness (QED) is 0.455. The summed E-state index contributed by atoms with van der Waals surface area (Å²) in [5.41, 5.74) is 3.52. The number of pyridine rings is 1. The van der Waals surface area contributed by atoms with E-state index in [4.69, 9.17) is 4.74 Å². The van der Waals surface area contributed by atoms with Crippen LogP contribution in [0.5, 0.6) is 5.75 Å². The summed E-state index contributed by atoms with van der Waals surface area (Å²) < 4.78 is 7.47. The maximum Gasteiger partial charge on any atom is 0.303 e. The van der Waals surface area contributed by atoms with Crippen molar-refractivity contribution < 1.29 is 14.6 Å². The molecule has 182 valence electrons. The van der Waals surface area contributed by atoms with Gasteiger partial charge in [-0.15, -0.1) is 0 Å². The van der Waals surface area contributed by atoms with Crippen LogP contribution in [0.15, 0.2) is 43.0 Å². The molecule has 1 saturated heterocycles. The van der Waals surface area contributed by atoms with Gasteiger partial charge in [-0.25, -0.2) is 4.98 Å². The summed E-state index contributed by atoms with van der Waals surface area (Å²) in [6, 6.07) is 8.11. The topological polar surface area (TPSA) is 80.5 Å². The van der Waals surface area contributed by atoms with E-state index in [0.717, 1.165) is 74.8 Å². The van der Waals surface area contributed by atoms with Gasteiger partial charge in [-0.3, -0.25) is 9.78 Å². The normalized spacial score (nSPS) is 18.9. The monoisotopic (exact) mass is 464 g/mol. The van der Waals surface area contributed by atoms with Crippen molar-refractivity contribution in [3.63, 3.8) is 0 Å². The number of carboxylic acids is 1. The molecule has 2 aromatic heterocycles. The van der Waals surface area contributed by atoms with Crippen LogP contribution in [0.4, 0.5) is 0 Å². The molecule has 1 aromatic carbocycles. The van der Waals surface area contributed by atoms with Gasteiger partial charge in [0.05, 0.1) is 19.0 Å². The molecule has 0 saturated carbocycles. The number of rotatable bonds is 11. The number of carboxylic acid groups (broad SMARTS) is 1. The van der Waals surface area contributed by atoms with Crippen LogP contribution in [-0.4, -0.2) is 57.3 Å². The van der Waals surface area contributed by atoms with Crippen molar-refractivity contribution in [2.24, 2.45) is 18.9 Å². The Hall–Kier alpha value is -2.93. The molecular weight excluding hydrogens is 428 g/mol. The van der Waals surface area contributed by atoms with Crippen LogP contribution >= 0.6 is 0 Å². The zero-order valence-electron chi connectivity index (χ0n) is 20.3. The highest BCUT2D eigenvalue weighted by Crippen LogP contribution is 2.32. The average molecular weight is 465 g/mol. The number of fused-ring (bicyclic) bond motifs is 1. The molecule has 1 aliphatic rings. The fraction of sp³-hybridized carbons (Fsp3) is 0.519. The predicted octanol–water partition coefficient (Wildman–Crippen LogP) is 4.35. The second kappa shape index (κ2) is 11.5. The lowest BCUT2D eigenvalue weighted by Gasteiger charge is -2.38. The molecule has 3 aromatic rings. The molecule has 1 aliphatic heterocycles. The van der Waals surface area contributed by atoms with Crippen LogP contribution in [0.25, 0.3) is 10.9 Å². The van der Waals surface area contributed by atoms with E-state index in [1.807, 2.05) is 37.9 Å². The van der Waals surface area contributed by atoms with Crippen molar-refractivity contribution in [1.82, 2.24) is 19.4 Å². The fourth-order valence-electron chi connectivity index (χ4n) is 5.39. The van der Waals surface area contributed by atoms with E-state index in [2.05, 4.69) is 31.6 Å². The largest absolute Gasteiger partial charge is 0.497 e. The van der Waals surface area contributed by atoms with Crippen LogP contribution in [0.3, 0.4) is 0 Å². The Bertz CT molecular complexity index is 1100. The van der Waals surface area contributed by atoms with Crippen LogP contribution in [-0.2, 0) is 24.7 Å². The van der Waals surface area contributed by atoms with E-state index >= 15 is 0 Å². The van der Waals surface area contributed by atoms with Crippen molar-refractivity contribution in [1.29, 1.82) is 0 Å². The van der Waals surface area contributed by atoms with Gasteiger partial charge in [0.1, 0.15) is 5.75 Å². The molecule has 3 heterocycles. The van der Waals surface area contributed by atoms with E-state index in [1.165, 1.54) is 11.3 Å². The lowest BCUT2D eigenvalue weighted by molar-refractivity contribution is -0.139. The molecule has 34 heavy (non-hydrogen) atoms. The van der Waals surface area contributed by atoms with Crippen molar-refractivity contribution in [3.8, 4) is 5.75 Å². The zero-order valence-corrected chi connectivity index (χ0v) is 20.3. The third-order valence-electron chi connectivity index (χ3n) is 7.30. The van der Waals surface area contributed by atoms with E-state index in [1.54, 1.807) is 7.11 Å². The number of piperidine rings is 1. The minimum absolute atomic E-state index is 0.220. The zero-order chi connectivity index (χ0) is 23.9. The third kappa shape index (κ3) is 6.14. The van der Waals surface area contributed by atoms with Crippen molar-refractivity contribution >= 4 is 16.9 Å². The van der Waals surface area contributed by atoms with Gasteiger partial charge in [0.25, 0.3) is 0 Å². The maximum atomic E-state index is 11.6. The van der Waals surface area contributed by atoms with Crippen LogP contribution in [0, 0.1) is 11.8 Å². The van der Waals surface area contributed by atoms with Crippen molar-refractivity contribution in [3.05, 3.63) is 54.2 Å². The van der Waals surface area contributed by atoms with Crippen molar-refractivity contribution in [2.45, 2.75) is 44.9 Å². The van der Waals surface area contributed by atoms with Gasteiger partial charge >= 0.3 is 5.97 Å². The Morgan fingerprint density at radius 3 is 2.85 bits per heavy atom. The number of carbonyl (C=O) groups is 1. The SMILES string of the molecule is COc1ccc2nccc(CCC[C@@H]3CCN(CCCc4cncn4C)C[C@@H]3CC(=O)O)c2c1. The summed E-state index contributed by atoms with van der Waals surface area (Å²) in [4.78, 5) is 22.7. The van der Waals surface area contributed by atoms with Gasteiger partial charge in [0, 0.05) is 43.5 Å².